The zero-order chi connectivity index (χ0) is 18.1. The van der Waals surface area contributed by atoms with Crippen molar-refractivity contribution in [3.63, 3.8) is 0 Å². The third-order valence-corrected chi connectivity index (χ3v) is 4.87. The van der Waals surface area contributed by atoms with Crippen LogP contribution in [0.4, 0.5) is 0 Å². The molecule has 2 aromatic rings. The minimum absolute atomic E-state index is 0.0362. The van der Waals surface area contributed by atoms with Gasteiger partial charge in [0.2, 0.25) is 5.82 Å². The highest BCUT2D eigenvalue weighted by molar-refractivity contribution is 6.37. The van der Waals surface area contributed by atoms with Crippen LogP contribution in [-0.2, 0) is 0 Å². The van der Waals surface area contributed by atoms with Crippen molar-refractivity contribution in [1.82, 2.24) is 20.1 Å². The Morgan fingerprint density at radius 1 is 1.36 bits per heavy atom. The molecular weight excluding hydrogens is 361 g/mol. The van der Waals surface area contributed by atoms with E-state index in [9.17, 15) is 4.79 Å². The third-order valence-electron chi connectivity index (χ3n) is 4.26. The van der Waals surface area contributed by atoms with Gasteiger partial charge in [-0.25, -0.2) is 9.67 Å². The Balaban J connectivity index is 1.96. The molecule has 134 valence electrons. The van der Waals surface area contributed by atoms with Crippen LogP contribution < -0.4 is 11.1 Å². The van der Waals surface area contributed by atoms with Gasteiger partial charge in [0.15, 0.2) is 0 Å². The zero-order valence-electron chi connectivity index (χ0n) is 14.2. The molecule has 1 aliphatic rings. The molecule has 0 aliphatic heterocycles. The number of nitrogens with zero attached hydrogens (tertiary/aromatic N) is 3. The average molecular weight is 382 g/mol. The third kappa shape index (κ3) is 3.81. The van der Waals surface area contributed by atoms with Crippen molar-refractivity contribution in [2.24, 2.45) is 11.7 Å². The van der Waals surface area contributed by atoms with E-state index in [4.69, 9.17) is 28.9 Å². The van der Waals surface area contributed by atoms with Crippen molar-refractivity contribution < 1.29 is 4.79 Å². The molecule has 1 heterocycles. The Morgan fingerprint density at radius 3 is 2.52 bits per heavy atom. The topological polar surface area (TPSA) is 85.8 Å². The van der Waals surface area contributed by atoms with Gasteiger partial charge in [-0.05, 0) is 30.9 Å². The monoisotopic (exact) mass is 381 g/mol. The van der Waals surface area contributed by atoms with E-state index >= 15 is 0 Å². The van der Waals surface area contributed by atoms with Crippen LogP contribution in [0.2, 0.25) is 10.0 Å². The maximum Gasteiger partial charge on any atom is 0.291 e. The van der Waals surface area contributed by atoms with Gasteiger partial charge in [0.1, 0.15) is 11.5 Å². The molecule has 1 unspecified atom stereocenters. The first-order chi connectivity index (χ1) is 11.9. The van der Waals surface area contributed by atoms with E-state index in [2.05, 4.69) is 15.4 Å². The van der Waals surface area contributed by atoms with E-state index in [1.54, 1.807) is 22.9 Å². The fourth-order valence-electron chi connectivity index (χ4n) is 2.75. The van der Waals surface area contributed by atoms with Gasteiger partial charge in [0.25, 0.3) is 5.91 Å². The first kappa shape index (κ1) is 18.2. The highest BCUT2D eigenvalue weighted by atomic mass is 35.5. The van der Waals surface area contributed by atoms with Gasteiger partial charge in [-0.3, -0.25) is 4.79 Å². The molecule has 3 rings (SSSR count). The van der Waals surface area contributed by atoms with Crippen LogP contribution in [-0.4, -0.2) is 33.3 Å². The second-order valence-electron chi connectivity index (χ2n) is 6.58. The molecule has 1 atom stereocenters. The Labute approximate surface area is 156 Å². The average Bonchev–Trinajstić information content (AvgIpc) is 3.31. The largest absolute Gasteiger partial charge is 0.345 e. The Bertz CT molecular complexity index is 765. The molecule has 8 heteroatoms. The number of nitrogens with two attached hydrogens (primary N) is 1. The summed E-state index contributed by atoms with van der Waals surface area (Å²) in [4.78, 5) is 17.0. The van der Waals surface area contributed by atoms with Gasteiger partial charge in [-0.15, -0.1) is 5.10 Å². The van der Waals surface area contributed by atoms with Gasteiger partial charge in [0, 0.05) is 18.5 Å². The summed E-state index contributed by atoms with van der Waals surface area (Å²) in [6.45, 7) is 4.35. The minimum atomic E-state index is -0.328. The number of nitrogens with one attached hydrogen (secondary N) is 1. The van der Waals surface area contributed by atoms with E-state index in [1.165, 1.54) is 0 Å². The smallest absolute Gasteiger partial charge is 0.291 e. The van der Waals surface area contributed by atoms with Crippen LogP contribution in [0, 0.1) is 5.92 Å². The molecule has 0 radical (unpaired) electrons. The molecule has 0 bridgehead atoms. The van der Waals surface area contributed by atoms with E-state index < -0.39 is 0 Å². The standard InChI is InChI=1S/C17H21Cl2N5O/c1-9(2)16-22-15(17(25)21-13(8-20)10-6-7-10)23-24(16)14-11(18)4-3-5-12(14)19/h3-5,9-10,13H,6-8,20H2,1-2H3,(H,21,25). The zero-order valence-corrected chi connectivity index (χ0v) is 15.7. The van der Waals surface area contributed by atoms with Gasteiger partial charge >= 0.3 is 0 Å². The van der Waals surface area contributed by atoms with Crippen LogP contribution in [0.3, 0.4) is 0 Å². The molecular formula is C17H21Cl2N5O. The lowest BCUT2D eigenvalue weighted by molar-refractivity contribution is 0.0923. The van der Waals surface area contributed by atoms with Gasteiger partial charge in [-0.2, -0.15) is 0 Å². The fourth-order valence-corrected chi connectivity index (χ4v) is 3.31. The van der Waals surface area contributed by atoms with Crippen LogP contribution in [0.15, 0.2) is 18.2 Å². The van der Waals surface area contributed by atoms with Crippen LogP contribution in [0.1, 0.15) is 49.1 Å². The van der Waals surface area contributed by atoms with Crippen LogP contribution >= 0.6 is 23.2 Å². The number of halogens is 2. The Morgan fingerprint density at radius 2 is 2.00 bits per heavy atom. The van der Waals surface area contributed by atoms with Gasteiger partial charge in [-0.1, -0.05) is 43.1 Å². The van der Waals surface area contributed by atoms with E-state index in [0.29, 0.717) is 34.0 Å². The van der Waals surface area contributed by atoms with Crippen molar-refractivity contribution in [3.8, 4) is 5.69 Å². The summed E-state index contributed by atoms with van der Waals surface area (Å²) in [5.74, 6) is 0.884. The summed E-state index contributed by atoms with van der Waals surface area (Å²) in [7, 11) is 0. The molecule has 1 amide bonds. The summed E-state index contributed by atoms with van der Waals surface area (Å²) in [6, 6.07) is 5.18. The number of benzene rings is 1. The van der Waals surface area contributed by atoms with Gasteiger partial charge in [0.05, 0.1) is 10.0 Å². The number of carbonyl (C=O) groups excluding carboxylic acids is 1. The lowest BCUT2D eigenvalue weighted by atomic mass is 10.2. The summed E-state index contributed by atoms with van der Waals surface area (Å²) in [5.41, 5.74) is 6.29. The van der Waals surface area contributed by atoms with Crippen molar-refractivity contribution in [1.29, 1.82) is 0 Å². The van der Waals surface area contributed by atoms with E-state index in [-0.39, 0.29) is 23.7 Å². The van der Waals surface area contributed by atoms with Crippen molar-refractivity contribution in [2.45, 2.75) is 38.6 Å². The summed E-state index contributed by atoms with van der Waals surface area (Å²) in [5, 5.41) is 8.21. The van der Waals surface area contributed by atoms with Crippen molar-refractivity contribution >= 4 is 29.1 Å². The predicted octanol–water partition coefficient (Wildman–Crippen LogP) is 3.16. The first-order valence-corrected chi connectivity index (χ1v) is 9.10. The molecule has 1 saturated carbocycles. The number of carbonyl (C=O) groups is 1. The molecule has 1 fully saturated rings. The SMILES string of the molecule is CC(C)c1nc(C(=O)NC(CN)C2CC2)nn1-c1c(Cl)cccc1Cl. The number of hydrogen-bond acceptors (Lipinski definition) is 4. The number of aromatic nitrogens is 3. The quantitative estimate of drug-likeness (QED) is 0.804. The van der Waals surface area contributed by atoms with E-state index in [0.717, 1.165) is 12.8 Å². The summed E-state index contributed by atoms with van der Waals surface area (Å²) < 4.78 is 1.55. The number of para-hydroxylation sites is 1. The maximum atomic E-state index is 12.6. The lowest BCUT2D eigenvalue weighted by Gasteiger charge is -2.14. The molecule has 6 nitrogen and oxygen atoms in total. The molecule has 25 heavy (non-hydrogen) atoms. The highest BCUT2D eigenvalue weighted by Crippen LogP contribution is 2.32. The maximum absolute atomic E-state index is 12.6. The fraction of sp³-hybridized carbons (Fsp3) is 0.471. The molecule has 1 aromatic carbocycles. The van der Waals surface area contributed by atoms with Crippen molar-refractivity contribution in [3.05, 3.63) is 39.9 Å². The first-order valence-electron chi connectivity index (χ1n) is 8.34. The molecule has 3 N–H and O–H groups in total. The second-order valence-corrected chi connectivity index (χ2v) is 7.40. The highest BCUT2D eigenvalue weighted by Gasteiger charge is 2.32. The lowest BCUT2D eigenvalue weighted by Crippen LogP contribution is -2.42. The van der Waals surface area contributed by atoms with Crippen LogP contribution in [0.25, 0.3) is 5.69 Å². The Kier molecular flexibility index (Phi) is 5.32. The van der Waals surface area contributed by atoms with E-state index in [1.807, 2.05) is 13.8 Å². The molecule has 1 aromatic heterocycles. The Hall–Kier alpha value is -1.63. The van der Waals surface area contributed by atoms with Crippen molar-refractivity contribution in [2.75, 3.05) is 6.54 Å². The molecule has 0 saturated heterocycles. The second kappa shape index (κ2) is 7.32. The molecule has 0 spiro atoms. The predicted molar refractivity (Wildman–Crippen MR) is 98.5 cm³/mol. The normalized spacial score (nSPS) is 15.4. The number of rotatable bonds is 6. The summed E-state index contributed by atoms with van der Waals surface area (Å²) in [6.07, 6.45) is 2.19. The van der Waals surface area contributed by atoms with Gasteiger partial charge < -0.3 is 11.1 Å². The minimum Gasteiger partial charge on any atom is -0.345 e. The number of amides is 1. The number of hydrogen-bond donors (Lipinski definition) is 2. The summed E-state index contributed by atoms with van der Waals surface area (Å²) >= 11 is 12.6. The van der Waals surface area contributed by atoms with Crippen LogP contribution in [0.5, 0.6) is 0 Å². The molecule has 1 aliphatic carbocycles.